The molecular weight excluding hydrogens is 408 g/mol. The van der Waals surface area contributed by atoms with Crippen LogP contribution in [0.2, 0.25) is 5.15 Å². The molecule has 0 saturated carbocycles. The zero-order valence-electron chi connectivity index (χ0n) is 16.1. The third kappa shape index (κ3) is 5.17. The van der Waals surface area contributed by atoms with Gasteiger partial charge >= 0.3 is 0 Å². The summed E-state index contributed by atoms with van der Waals surface area (Å²) in [7, 11) is 0. The number of morpholine rings is 1. The van der Waals surface area contributed by atoms with Crippen LogP contribution >= 0.6 is 23.4 Å². The minimum atomic E-state index is 0.0225. The first-order valence-corrected chi connectivity index (χ1v) is 11.1. The van der Waals surface area contributed by atoms with Crippen LogP contribution in [0.4, 0.5) is 0 Å². The lowest BCUT2D eigenvalue weighted by Gasteiger charge is -2.26. The van der Waals surface area contributed by atoms with E-state index in [9.17, 15) is 4.79 Å². The van der Waals surface area contributed by atoms with Crippen molar-refractivity contribution in [3.05, 3.63) is 63.7 Å². The molecule has 1 aliphatic rings. The van der Waals surface area contributed by atoms with Crippen LogP contribution in [0, 0.1) is 0 Å². The van der Waals surface area contributed by atoms with Crippen LogP contribution in [-0.2, 0) is 17.0 Å². The van der Waals surface area contributed by atoms with Crippen molar-refractivity contribution in [3.8, 4) is 0 Å². The largest absolute Gasteiger partial charge is 0.379 e. The fraction of sp³-hybridized carbons (Fsp3) is 0.381. The maximum absolute atomic E-state index is 13.1. The summed E-state index contributed by atoms with van der Waals surface area (Å²) in [6.45, 7) is 5.08. The van der Waals surface area contributed by atoms with E-state index >= 15 is 0 Å². The Bertz CT molecular complexity index is 1020. The molecule has 0 N–H and O–H groups in total. The van der Waals surface area contributed by atoms with Crippen molar-refractivity contribution >= 4 is 34.3 Å². The van der Waals surface area contributed by atoms with Crippen LogP contribution in [0.15, 0.2) is 52.5 Å². The summed E-state index contributed by atoms with van der Waals surface area (Å²) in [6, 6.07) is 11.3. The molecular formula is C21H23ClN4O2S. The lowest BCUT2D eigenvalue weighted by molar-refractivity contribution is 0.0368. The Hall–Kier alpha value is -1.93. The van der Waals surface area contributed by atoms with Gasteiger partial charge in [-0.2, -0.15) is 0 Å². The third-order valence-corrected chi connectivity index (χ3v) is 6.21. The highest BCUT2D eigenvalue weighted by atomic mass is 35.5. The summed E-state index contributed by atoms with van der Waals surface area (Å²) >= 11 is 7.43. The van der Waals surface area contributed by atoms with Gasteiger partial charge < -0.3 is 4.74 Å². The number of fused-ring (bicyclic) bond motifs is 1. The summed E-state index contributed by atoms with van der Waals surface area (Å²) < 4.78 is 7.22. The van der Waals surface area contributed by atoms with Gasteiger partial charge in [0.25, 0.3) is 5.56 Å². The fourth-order valence-electron chi connectivity index (χ4n) is 3.37. The van der Waals surface area contributed by atoms with Gasteiger partial charge in [0.2, 0.25) is 0 Å². The van der Waals surface area contributed by atoms with Gasteiger partial charge in [0.1, 0.15) is 5.15 Å². The van der Waals surface area contributed by atoms with Gasteiger partial charge in [0.05, 0.1) is 24.1 Å². The second-order valence-electron chi connectivity index (χ2n) is 6.95. The second kappa shape index (κ2) is 9.71. The van der Waals surface area contributed by atoms with E-state index in [2.05, 4.69) is 9.88 Å². The molecule has 3 aromatic rings. The highest BCUT2D eigenvalue weighted by Crippen LogP contribution is 2.22. The molecule has 1 fully saturated rings. The SMILES string of the molecule is O=c1c2ccccc2nc(SCc2ccc(Cl)nc2)n1CCCN1CCOCC1. The first-order chi connectivity index (χ1) is 14.2. The summed E-state index contributed by atoms with van der Waals surface area (Å²) in [5.41, 5.74) is 1.80. The Labute approximate surface area is 178 Å². The fourth-order valence-corrected chi connectivity index (χ4v) is 4.44. The molecule has 1 aliphatic heterocycles. The van der Waals surface area contributed by atoms with E-state index in [1.54, 1.807) is 24.0 Å². The third-order valence-electron chi connectivity index (χ3n) is 4.94. The molecule has 0 aliphatic carbocycles. The number of halogens is 1. The van der Waals surface area contributed by atoms with Crippen molar-refractivity contribution in [3.63, 3.8) is 0 Å². The van der Waals surface area contributed by atoms with Crippen molar-refractivity contribution in [1.29, 1.82) is 0 Å². The normalized spacial score (nSPS) is 15.1. The van der Waals surface area contributed by atoms with E-state index < -0.39 is 0 Å². The topological polar surface area (TPSA) is 60.2 Å². The minimum absolute atomic E-state index is 0.0225. The van der Waals surface area contributed by atoms with E-state index in [0.29, 0.717) is 22.8 Å². The Morgan fingerprint density at radius 1 is 1.10 bits per heavy atom. The van der Waals surface area contributed by atoms with Gasteiger partial charge in [-0.05, 0) is 30.2 Å². The predicted molar refractivity (Wildman–Crippen MR) is 117 cm³/mol. The number of pyridine rings is 1. The van der Waals surface area contributed by atoms with Crippen LogP contribution in [0.3, 0.4) is 0 Å². The number of thioether (sulfide) groups is 1. The second-order valence-corrected chi connectivity index (χ2v) is 8.28. The molecule has 0 radical (unpaired) electrons. The summed E-state index contributed by atoms with van der Waals surface area (Å²) in [5.74, 6) is 0.679. The predicted octanol–water partition coefficient (Wildman–Crippen LogP) is 3.46. The van der Waals surface area contributed by atoms with E-state index in [1.165, 1.54) is 0 Å². The maximum Gasteiger partial charge on any atom is 0.262 e. The van der Waals surface area contributed by atoms with Crippen LogP contribution in [0.5, 0.6) is 0 Å². The summed E-state index contributed by atoms with van der Waals surface area (Å²) in [5, 5.41) is 1.88. The number of para-hydroxylation sites is 1. The molecule has 4 rings (SSSR count). The number of benzene rings is 1. The van der Waals surface area contributed by atoms with Crippen LogP contribution in [-0.4, -0.2) is 52.3 Å². The molecule has 0 unspecified atom stereocenters. The quantitative estimate of drug-likeness (QED) is 0.325. The van der Waals surface area contributed by atoms with Gasteiger partial charge in [-0.3, -0.25) is 14.3 Å². The van der Waals surface area contributed by atoms with E-state index in [4.69, 9.17) is 21.3 Å². The Morgan fingerprint density at radius 3 is 2.72 bits per heavy atom. The summed E-state index contributed by atoms with van der Waals surface area (Å²) in [4.78, 5) is 24.4. The number of aromatic nitrogens is 3. The average Bonchev–Trinajstić information content (AvgIpc) is 2.76. The van der Waals surface area contributed by atoms with Gasteiger partial charge in [0, 0.05) is 38.1 Å². The van der Waals surface area contributed by atoms with Gasteiger partial charge in [0.15, 0.2) is 5.16 Å². The average molecular weight is 431 g/mol. The zero-order valence-corrected chi connectivity index (χ0v) is 17.7. The highest BCUT2D eigenvalue weighted by molar-refractivity contribution is 7.98. The van der Waals surface area contributed by atoms with E-state index in [-0.39, 0.29) is 5.56 Å². The van der Waals surface area contributed by atoms with Crippen LogP contribution in [0.1, 0.15) is 12.0 Å². The molecule has 152 valence electrons. The van der Waals surface area contributed by atoms with Crippen LogP contribution < -0.4 is 5.56 Å². The molecule has 1 saturated heterocycles. The lowest BCUT2D eigenvalue weighted by atomic mass is 10.2. The number of rotatable bonds is 7. The minimum Gasteiger partial charge on any atom is -0.379 e. The zero-order chi connectivity index (χ0) is 20.1. The van der Waals surface area contributed by atoms with Crippen molar-refractivity contribution < 1.29 is 4.74 Å². The van der Waals surface area contributed by atoms with Crippen molar-refractivity contribution in [2.45, 2.75) is 23.9 Å². The molecule has 0 spiro atoms. The molecule has 8 heteroatoms. The Kier molecular flexibility index (Phi) is 6.82. The maximum atomic E-state index is 13.1. The number of nitrogens with zero attached hydrogens (tertiary/aromatic N) is 4. The summed E-state index contributed by atoms with van der Waals surface area (Å²) in [6.07, 6.45) is 2.66. The first-order valence-electron chi connectivity index (χ1n) is 9.73. The molecule has 29 heavy (non-hydrogen) atoms. The number of ether oxygens (including phenoxy) is 1. The van der Waals surface area contributed by atoms with Gasteiger partial charge in [-0.15, -0.1) is 0 Å². The van der Waals surface area contributed by atoms with Gasteiger partial charge in [-0.25, -0.2) is 9.97 Å². The van der Waals surface area contributed by atoms with Gasteiger partial charge in [-0.1, -0.05) is 41.6 Å². The number of hydrogen-bond donors (Lipinski definition) is 0. The standard InChI is InChI=1S/C21H23ClN4O2S/c22-19-7-6-16(14-23-19)15-29-21-24-18-5-2-1-4-17(18)20(27)26(21)9-3-8-25-10-12-28-13-11-25/h1-2,4-7,14H,3,8-13,15H2. The van der Waals surface area contributed by atoms with Crippen molar-refractivity contribution in [2.75, 3.05) is 32.8 Å². The Balaban J connectivity index is 1.54. The number of hydrogen-bond acceptors (Lipinski definition) is 6. The van der Waals surface area contributed by atoms with Crippen LogP contribution in [0.25, 0.3) is 10.9 Å². The van der Waals surface area contributed by atoms with E-state index in [0.717, 1.165) is 55.5 Å². The highest BCUT2D eigenvalue weighted by Gasteiger charge is 2.14. The molecule has 1 aromatic carbocycles. The molecule has 6 nitrogen and oxygen atoms in total. The molecule has 2 aromatic heterocycles. The monoisotopic (exact) mass is 430 g/mol. The molecule has 0 amide bonds. The van der Waals surface area contributed by atoms with E-state index in [1.807, 2.05) is 34.9 Å². The first kappa shape index (κ1) is 20.3. The molecule has 0 bridgehead atoms. The Morgan fingerprint density at radius 2 is 1.93 bits per heavy atom. The lowest BCUT2D eigenvalue weighted by Crippen LogP contribution is -2.37. The molecule has 3 heterocycles. The van der Waals surface area contributed by atoms with Crippen molar-refractivity contribution in [2.24, 2.45) is 0 Å². The smallest absolute Gasteiger partial charge is 0.262 e. The van der Waals surface area contributed by atoms with Crippen molar-refractivity contribution in [1.82, 2.24) is 19.4 Å². The molecule has 0 atom stereocenters.